The van der Waals surface area contributed by atoms with Crippen LogP contribution in [0, 0.1) is 6.92 Å². The number of nitrogens with zero attached hydrogens (tertiary/aromatic N) is 2. The molecule has 0 saturated carbocycles. The number of aryl methyl sites for hydroxylation is 1. The smallest absolute Gasteiger partial charge is 0.384 e. The Morgan fingerprint density at radius 2 is 1.89 bits per heavy atom. The third kappa shape index (κ3) is 2.27. The van der Waals surface area contributed by atoms with Crippen LogP contribution >= 0.6 is 0 Å². The maximum Gasteiger partial charge on any atom is 0.417 e. The summed E-state index contributed by atoms with van der Waals surface area (Å²) in [6.07, 6.45) is -0.793. The van der Waals surface area contributed by atoms with Crippen molar-refractivity contribution in [3.05, 3.63) is 41.9 Å². The average molecular weight is 253 g/mol. The summed E-state index contributed by atoms with van der Waals surface area (Å²) in [4.78, 5) is 7.56. The summed E-state index contributed by atoms with van der Waals surface area (Å²) in [6.45, 7) is 1.68. The summed E-state index contributed by atoms with van der Waals surface area (Å²) in [6, 6.07) is 2.48. The van der Waals surface area contributed by atoms with Gasteiger partial charge in [0.25, 0.3) is 0 Å². The van der Waals surface area contributed by atoms with Crippen molar-refractivity contribution in [1.82, 2.24) is 9.97 Å². The Morgan fingerprint density at radius 1 is 1.17 bits per heavy atom. The molecule has 18 heavy (non-hydrogen) atoms. The largest absolute Gasteiger partial charge is 0.417 e. The minimum absolute atomic E-state index is 0.00926. The van der Waals surface area contributed by atoms with Crippen molar-refractivity contribution in [2.45, 2.75) is 13.1 Å². The summed E-state index contributed by atoms with van der Waals surface area (Å²) in [7, 11) is 0. The second-order valence-electron chi connectivity index (χ2n) is 3.84. The van der Waals surface area contributed by atoms with E-state index in [9.17, 15) is 13.2 Å². The standard InChI is InChI=1S/C12H10F3N3/c1-7-4-11(16)18-6-8(7)9-5-17-3-2-10(9)12(13,14)15/h2-6H,1H3,(H2,16,18). The lowest BCUT2D eigenvalue weighted by atomic mass is 9.99. The molecule has 2 aromatic heterocycles. The van der Waals surface area contributed by atoms with E-state index in [1.165, 1.54) is 18.5 Å². The number of halogens is 3. The third-order valence-electron chi connectivity index (χ3n) is 2.55. The molecule has 0 bridgehead atoms. The number of nitrogens with two attached hydrogens (primary N) is 1. The first kappa shape index (κ1) is 12.3. The molecular weight excluding hydrogens is 243 g/mol. The number of rotatable bonds is 1. The first-order valence-electron chi connectivity index (χ1n) is 5.13. The molecule has 2 N–H and O–H groups in total. The average Bonchev–Trinajstić information content (AvgIpc) is 2.28. The Morgan fingerprint density at radius 3 is 2.50 bits per heavy atom. The summed E-state index contributed by atoms with van der Waals surface area (Å²) < 4.78 is 38.6. The molecule has 0 aliphatic heterocycles. The van der Waals surface area contributed by atoms with E-state index >= 15 is 0 Å². The molecule has 0 fully saturated rings. The van der Waals surface area contributed by atoms with Crippen LogP contribution in [0.15, 0.2) is 30.7 Å². The molecule has 6 heteroatoms. The van der Waals surface area contributed by atoms with Gasteiger partial charge in [-0.3, -0.25) is 4.98 Å². The van der Waals surface area contributed by atoms with Crippen LogP contribution < -0.4 is 5.73 Å². The summed E-state index contributed by atoms with van der Waals surface area (Å²) in [5.74, 6) is 0.272. The highest BCUT2D eigenvalue weighted by Gasteiger charge is 2.33. The van der Waals surface area contributed by atoms with E-state index in [4.69, 9.17) is 5.73 Å². The lowest BCUT2D eigenvalue weighted by Gasteiger charge is -2.13. The van der Waals surface area contributed by atoms with Crippen LogP contribution in [0.25, 0.3) is 11.1 Å². The molecule has 0 aliphatic rings. The van der Waals surface area contributed by atoms with Crippen molar-refractivity contribution in [2.24, 2.45) is 0 Å². The Balaban J connectivity index is 2.64. The van der Waals surface area contributed by atoms with Crippen molar-refractivity contribution in [3.8, 4) is 11.1 Å². The zero-order chi connectivity index (χ0) is 13.3. The second kappa shape index (κ2) is 4.29. The van der Waals surface area contributed by atoms with Crippen molar-refractivity contribution in [1.29, 1.82) is 0 Å². The number of anilines is 1. The van der Waals surface area contributed by atoms with E-state index in [0.717, 1.165) is 12.3 Å². The summed E-state index contributed by atoms with van der Waals surface area (Å²) in [5.41, 5.74) is 5.77. The topological polar surface area (TPSA) is 51.8 Å². The molecule has 0 radical (unpaired) electrons. The van der Waals surface area contributed by atoms with Gasteiger partial charge in [0.05, 0.1) is 5.56 Å². The van der Waals surface area contributed by atoms with Crippen molar-refractivity contribution < 1.29 is 13.2 Å². The van der Waals surface area contributed by atoms with E-state index in [1.807, 2.05) is 0 Å². The molecular formula is C12H10F3N3. The molecule has 0 aliphatic carbocycles. The number of hydrogen-bond acceptors (Lipinski definition) is 3. The highest BCUT2D eigenvalue weighted by Crippen LogP contribution is 2.37. The van der Waals surface area contributed by atoms with Gasteiger partial charge in [-0.05, 0) is 24.6 Å². The predicted molar refractivity (Wildman–Crippen MR) is 61.6 cm³/mol. The van der Waals surface area contributed by atoms with Crippen molar-refractivity contribution in [3.63, 3.8) is 0 Å². The number of aromatic nitrogens is 2. The second-order valence-corrected chi connectivity index (χ2v) is 3.84. The highest BCUT2D eigenvalue weighted by atomic mass is 19.4. The summed E-state index contributed by atoms with van der Waals surface area (Å²) >= 11 is 0. The van der Waals surface area contributed by atoms with Gasteiger partial charge < -0.3 is 5.73 Å². The van der Waals surface area contributed by atoms with Gasteiger partial charge in [-0.25, -0.2) is 4.98 Å². The monoisotopic (exact) mass is 253 g/mol. The molecule has 0 unspecified atom stereocenters. The zero-order valence-electron chi connectivity index (χ0n) is 9.49. The fraction of sp³-hybridized carbons (Fsp3) is 0.167. The van der Waals surface area contributed by atoms with Gasteiger partial charge in [0.1, 0.15) is 5.82 Å². The first-order chi connectivity index (χ1) is 8.39. The van der Waals surface area contributed by atoms with Gasteiger partial charge in [-0.2, -0.15) is 13.2 Å². The number of nitrogen functional groups attached to an aromatic ring is 1. The van der Waals surface area contributed by atoms with Crippen LogP contribution in [-0.4, -0.2) is 9.97 Å². The fourth-order valence-electron chi connectivity index (χ4n) is 1.72. The normalized spacial score (nSPS) is 11.6. The quantitative estimate of drug-likeness (QED) is 0.849. The van der Waals surface area contributed by atoms with Crippen molar-refractivity contribution >= 4 is 5.82 Å². The lowest BCUT2D eigenvalue weighted by Crippen LogP contribution is -2.08. The molecule has 0 aromatic carbocycles. The van der Waals surface area contributed by atoms with Crippen molar-refractivity contribution in [2.75, 3.05) is 5.73 Å². The molecule has 0 saturated heterocycles. The van der Waals surface area contributed by atoms with E-state index in [-0.39, 0.29) is 11.4 Å². The highest BCUT2D eigenvalue weighted by molar-refractivity contribution is 5.70. The number of pyridine rings is 2. The predicted octanol–water partition coefficient (Wildman–Crippen LogP) is 3.05. The Labute approximate surface area is 101 Å². The Hall–Kier alpha value is -2.11. The van der Waals surface area contributed by atoms with Crippen LogP contribution in [0.4, 0.5) is 19.0 Å². The third-order valence-corrected chi connectivity index (χ3v) is 2.55. The molecule has 2 heterocycles. The lowest BCUT2D eigenvalue weighted by molar-refractivity contribution is -0.137. The minimum Gasteiger partial charge on any atom is -0.384 e. The molecule has 0 atom stereocenters. The first-order valence-corrected chi connectivity index (χ1v) is 5.13. The van der Waals surface area contributed by atoms with Crippen LogP contribution in [-0.2, 0) is 6.18 Å². The molecule has 0 spiro atoms. The van der Waals surface area contributed by atoms with E-state index < -0.39 is 11.7 Å². The molecule has 94 valence electrons. The van der Waals surface area contributed by atoms with Crippen LogP contribution in [0.5, 0.6) is 0 Å². The number of alkyl halides is 3. The van der Waals surface area contributed by atoms with Gasteiger partial charge >= 0.3 is 6.18 Å². The van der Waals surface area contributed by atoms with Crippen LogP contribution in [0.2, 0.25) is 0 Å². The van der Waals surface area contributed by atoms with Crippen LogP contribution in [0.3, 0.4) is 0 Å². The molecule has 2 rings (SSSR count). The van der Waals surface area contributed by atoms with E-state index in [0.29, 0.717) is 11.1 Å². The molecule has 3 nitrogen and oxygen atoms in total. The van der Waals surface area contributed by atoms with E-state index in [2.05, 4.69) is 9.97 Å². The SMILES string of the molecule is Cc1cc(N)ncc1-c1cnccc1C(F)(F)F. The van der Waals surface area contributed by atoms with Gasteiger partial charge in [-0.1, -0.05) is 0 Å². The zero-order valence-corrected chi connectivity index (χ0v) is 9.49. The maximum atomic E-state index is 12.9. The van der Waals surface area contributed by atoms with Gasteiger partial charge in [-0.15, -0.1) is 0 Å². The van der Waals surface area contributed by atoms with Gasteiger partial charge in [0.2, 0.25) is 0 Å². The fourth-order valence-corrected chi connectivity index (χ4v) is 1.72. The van der Waals surface area contributed by atoms with Gasteiger partial charge in [0.15, 0.2) is 0 Å². The summed E-state index contributed by atoms with van der Waals surface area (Å²) in [5, 5.41) is 0. The van der Waals surface area contributed by atoms with Gasteiger partial charge in [0, 0.05) is 29.7 Å². The minimum atomic E-state index is -4.42. The van der Waals surface area contributed by atoms with Crippen LogP contribution in [0.1, 0.15) is 11.1 Å². The van der Waals surface area contributed by atoms with E-state index in [1.54, 1.807) is 6.92 Å². The Bertz CT molecular complexity index is 579. The Kier molecular flexibility index (Phi) is 2.94. The maximum absolute atomic E-state index is 12.9. The number of hydrogen-bond donors (Lipinski definition) is 1. The molecule has 2 aromatic rings. The molecule has 0 amide bonds.